The summed E-state index contributed by atoms with van der Waals surface area (Å²) in [4.78, 5) is 50.4. The first-order valence-corrected chi connectivity index (χ1v) is 33.7. The lowest BCUT2D eigenvalue weighted by molar-refractivity contribution is 0.668. The average molecular weight is 1310 g/mol. The van der Waals surface area contributed by atoms with Gasteiger partial charge < -0.3 is 13.3 Å². The number of rotatable bonds is 9. The maximum Gasteiger partial charge on any atom is 0.238 e. The van der Waals surface area contributed by atoms with Crippen molar-refractivity contribution in [2.24, 2.45) is 0 Å². The topological polar surface area (TPSA) is 170 Å². The minimum absolute atomic E-state index is 0.387. The van der Waals surface area contributed by atoms with Crippen LogP contribution in [0.25, 0.3) is 217 Å². The van der Waals surface area contributed by atoms with E-state index in [1.54, 1.807) is 0 Å². The zero-order valence-corrected chi connectivity index (χ0v) is 53.8. The smallest absolute Gasteiger partial charge is 0.238 e. The molecule has 15 nitrogen and oxygen atoms in total. The first-order chi connectivity index (χ1) is 50.6. The second-order valence-electron chi connectivity index (χ2n) is 25.5. The molecule has 0 aliphatic carbocycles. The largest absolute Gasteiger partial charge is 0.456 e. The van der Waals surface area contributed by atoms with Crippen LogP contribution >= 0.6 is 0 Å². The SMILES string of the molecule is c1ccc(-c2nc(-c3cccc4oc5ccccc5c34)nc(-n3c4ccccc4c4c3c3c5ccccc5n(-c5nc(-c6ccccc6)nc(-c6cccc7oc8ccccc8c67)n5)c3c3c5ccccc5n(-c5nc(-c6ccccc6)nc(-c6cccc7oc8ccccc8c67)n5)c43)n2)cc1. The molecule has 0 radical (unpaired) electrons. The van der Waals surface area contributed by atoms with E-state index in [4.69, 9.17) is 58.1 Å². The summed E-state index contributed by atoms with van der Waals surface area (Å²) in [7, 11) is 0. The average Bonchev–Trinajstić information content (AvgIpc) is 1.50. The van der Waals surface area contributed by atoms with Crippen LogP contribution in [0.5, 0.6) is 0 Å². The van der Waals surface area contributed by atoms with E-state index in [2.05, 4.69) is 123 Å². The van der Waals surface area contributed by atoms with Gasteiger partial charge >= 0.3 is 0 Å². The minimum atomic E-state index is 0.387. The summed E-state index contributed by atoms with van der Waals surface area (Å²) >= 11 is 0. The Bertz CT molecular complexity index is 6560. The van der Waals surface area contributed by atoms with Gasteiger partial charge in [0.25, 0.3) is 0 Å². The van der Waals surface area contributed by atoms with Crippen molar-refractivity contribution in [3.05, 3.63) is 291 Å². The molecule has 9 aromatic heterocycles. The van der Waals surface area contributed by atoms with Gasteiger partial charge in [0.05, 0.1) is 33.1 Å². The fourth-order valence-corrected chi connectivity index (χ4v) is 15.6. The van der Waals surface area contributed by atoms with E-state index >= 15 is 0 Å². The van der Waals surface area contributed by atoms with Crippen molar-refractivity contribution >= 4 is 131 Å². The number of fused-ring (bicyclic) bond motifs is 21. The lowest BCUT2D eigenvalue weighted by atomic mass is 10.0. The molecule has 102 heavy (non-hydrogen) atoms. The fraction of sp³-hybridized carbons (Fsp3) is 0. The number of benzene rings is 13. The summed E-state index contributed by atoms with van der Waals surface area (Å²) in [6.07, 6.45) is 0. The van der Waals surface area contributed by atoms with Crippen LogP contribution in [0.3, 0.4) is 0 Å². The summed E-state index contributed by atoms with van der Waals surface area (Å²) in [5.74, 6) is 4.02. The van der Waals surface area contributed by atoms with Crippen LogP contribution < -0.4 is 0 Å². The third kappa shape index (κ3) is 8.20. The van der Waals surface area contributed by atoms with Gasteiger partial charge in [0, 0.05) is 98.0 Å². The van der Waals surface area contributed by atoms with Crippen LogP contribution in [0.2, 0.25) is 0 Å². The Labute approximate surface area is 577 Å². The van der Waals surface area contributed by atoms with Gasteiger partial charge in [-0.05, 0) is 54.6 Å². The molecule has 0 amide bonds. The Balaban J connectivity index is 0.940. The van der Waals surface area contributed by atoms with Gasteiger partial charge in [0.1, 0.15) is 33.5 Å². The highest BCUT2D eigenvalue weighted by Gasteiger charge is 2.33. The highest BCUT2D eigenvalue weighted by atomic mass is 16.3. The van der Waals surface area contributed by atoms with Crippen molar-refractivity contribution in [3.63, 3.8) is 0 Å². The summed E-state index contributed by atoms with van der Waals surface area (Å²) in [5, 5.41) is 11.0. The molecule has 15 heteroatoms. The molecular formula is C87H48N12O3. The van der Waals surface area contributed by atoms with E-state index < -0.39 is 0 Å². The molecule has 0 saturated heterocycles. The van der Waals surface area contributed by atoms with Gasteiger partial charge in [0.2, 0.25) is 17.8 Å². The zero-order chi connectivity index (χ0) is 66.7. The van der Waals surface area contributed by atoms with Crippen molar-refractivity contribution < 1.29 is 13.3 Å². The second kappa shape index (κ2) is 21.6. The maximum atomic E-state index is 6.57. The van der Waals surface area contributed by atoms with E-state index in [1.165, 1.54) is 0 Å². The quantitative estimate of drug-likeness (QED) is 0.134. The molecule has 0 saturated carbocycles. The zero-order valence-electron chi connectivity index (χ0n) is 53.8. The van der Waals surface area contributed by atoms with Crippen molar-refractivity contribution in [1.29, 1.82) is 0 Å². The van der Waals surface area contributed by atoms with Crippen molar-refractivity contribution in [1.82, 2.24) is 58.6 Å². The molecule has 0 atom stereocenters. The third-order valence-electron chi connectivity index (χ3n) is 19.8. The first-order valence-electron chi connectivity index (χ1n) is 33.7. The Morgan fingerprint density at radius 3 is 0.735 bits per heavy atom. The molecule has 0 unspecified atom stereocenters. The Morgan fingerprint density at radius 2 is 0.431 bits per heavy atom. The number of para-hydroxylation sites is 6. The van der Waals surface area contributed by atoms with E-state index in [1.807, 2.05) is 182 Å². The molecule has 474 valence electrons. The molecule has 22 aromatic rings. The molecule has 9 heterocycles. The lowest BCUT2D eigenvalue weighted by Gasteiger charge is -2.14. The Kier molecular flexibility index (Phi) is 11.8. The summed E-state index contributed by atoms with van der Waals surface area (Å²) < 4.78 is 26.4. The molecular weight excluding hydrogens is 1260 g/mol. The highest BCUT2D eigenvalue weighted by Crippen LogP contribution is 2.51. The fourth-order valence-electron chi connectivity index (χ4n) is 15.6. The number of aromatic nitrogens is 12. The molecule has 22 rings (SSSR count). The number of hydrogen-bond donors (Lipinski definition) is 0. The maximum absolute atomic E-state index is 6.57. The van der Waals surface area contributed by atoms with Gasteiger partial charge in [-0.3, -0.25) is 13.7 Å². The van der Waals surface area contributed by atoms with Crippen LogP contribution in [0, 0.1) is 0 Å². The third-order valence-corrected chi connectivity index (χ3v) is 19.8. The monoisotopic (exact) mass is 1310 g/mol. The molecule has 0 bridgehead atoms. The first kappa shape index (κ1) is 55.8. The van der Waals surface area contributed by atoms with E-state index in [0.717, 1.165) is 165 Å². The predicted molar refractivity (Wildman–Crippen MR) is 404 cm³/mol. The minimum Gasteiger partial charge on any atom is -0.456 e. The van der Waals surface area contributed by atoms with Gasteiger partial charge in [-0.25, -0.2) is 15.0 Å². The van der Waals surface area contributed by atoms with Crippen molar-refractivity contribution in [2.75, 3.05) is 0 Å². The van der Waals surface area contributed by atoms with Crippen LogP contribution in [-0.4, -0.2) is 58.6 Å². The Morgan fingerprint density at radius 1 is 0.186 bits per heavy atom. The normalized spacial score (nSPS) is 12.1. The lowest BCUT2D eigenvalue weighted by Crippen LogP contribution is -2.08. The standard InChI is InChI=1S/C87H48N12O3/c1-4-25-49(26-5-1)79-88-82(58-37-22-46-67-70(58)55-34-13-19-43-64(55)100-67)94-85(91-79)97-61-40-16-10-31-52(61)73-76(97)74-53-32-11-17-41-62(53)98(86-92-80(50-27-6-2-7-28-50)89-83(95-86)59-38-23-47-68-71(59)56-35-14-20-44-65(56)101-68)78(74)75-54-33-12-18-42-63(54)99(77(73)75)87-93-81(51-29-8-3-9-30-51)90-84(96-87)60-39-24-48-69-72(60)57-36-15-21-45-66(57)102-69/h1-48H. The summed E-state index contributed by atoms with van der Waals surface area (Å²) in [5.41, 5.74) is 14.2. The number of hydrogen-bond acceptors (Lipinski definition) is 12. The summed E-state index contributed by atoms with van der Waals surface area (Å²) in [6.45, 7) is 0. The van der Waals surface area contributed by atoms with Crippen LogP contribution in [0.1, 0.15) is 0 Å². The Hall–Kier alpha value is -14.3. The molecule has 0 aliphatic heterocycles. The van der Waals surface area contributed by atoms with Gasteiger partial charge in [-0.1, -0.05) is 237 Å². The van der Waals surface area contributed by atoms with Crippen molar-refractivity contribution in [3.8, 4) is 86.2 Å². The molecule has 0 N–H and O–H groups in total. The molecule has 13 aromatic carbocycles. The second-order valence-corrected chi connectivity index (χ2v) is 25.5. The van der Waals surface area contributed by atoms with E-state index in [0.29, 0.717) is 52.8 Å². The van der Waals surface area contributed by atoms with Gasteiger partial charge in [-0.2, -0.15) is 29.9 Å². The number of nitrogens with zero attached hydrogens (tertiary/aromatic N) is 12. The number of furan rings is 3. The molecule has 0 spiro atoms. The van der Waals surface area contributed by atoms with Crippen LogP contribution in [-0.2, 0) is 0 Å². The predicted octanol–water partition coefficient (Wildman–Crippen LogP) is 21.2. The van der Waals surface area contributed by atoms with Gasteiger partial charge in [0.15, 0.2) is 34.9 Å². The van der Waals surface area contributed by atoms with Crippen LogP contribution in [0.15, 0.2) is 304 Å². The molecule has 0 fully saturated rings. The van der Waals surface area contributed by atoms with Gasteiger partial charge in [-0.15, -0.1) is 0 Å². The molecule has 0 aliphatic rings. The summed E-state index contributed by atoms with van der Waals surface area (Å²) in [6, 6.07) is 98.5. The van der Waals surface area contributed by atoms with Crippen LogP contribution in [0.4, 0.5) is 0 Å². The highest BCUT2D eigenvalue weighted by molar-refractivity contribution is 6.40. The van der Waals surface area contributed by atoms with E-state index in [9.17, 15) is 0 Å². The van der Waals surface area contributed by atoms with E-state index in [-0.39, 0.29) is 0 Å². The van der Waals surface area contributed by atoms with Crippen molar-refractivity contribution in [2.45, 2.75) is 0 Å².